The van der Waals surface area contributed by atoms with E-state index in [9.17, 15) is 0 Å². The molecule has 0 saturated carbocycles. The fourth-order valence-electron chi connectivity index (χ4n) is 1.74. The summed E-state index contributed by atoms with van der Waals surface area (Å²) in [6, 6.07) is -0.510. The van der Waals surface area contributed by atoms with Crippen LogP contribution in [0.4, 0.5) is 0 Å². The van der Waals surface area contributed by atoms with E-state index in [1.807, 2.05) is 14.0 Å². The zero-order valence-corrected chi connectivity index (χ0v) is 9.86. The number of aromatic nitrogens is 3. The Labute approximate surface area is 97.8 Å². The lowest BCUT2D eigenvalue weighted by Crippen LogP contribution is -2.15. The van der Waals surface area contributed by atoms with Crippen molar-refractivity contribution in [1.82, 2.24) is 14.8 Å². The number of hydrogen-bond donors (Lipinski definition) is 2. The van der Waals surface area contributed by atoms with Crippen LogP contribution in [0.25, 0.3) is 11.0 Å². The summed E-state index contributed by atoms with van der Waals surface area (Å²) in [6.45, 7) is 1.70. The zero-order valence-electron chi connectivity index (χ0n) is 9.11. The number of halogens is 1. The summed E-state index contributed by atoms with van der Waals surface area (Å²) in [7, 11) is 1.81. The molecule has 0 aliphatic rings. The molecule has 0 aromatic carbocycles. The normalized spacial score (nSPS) is 13.3. The van der Waals surface area contributed by atoms with Crippen molar-refractivity contribution in [3.63, 3.8) is 0 Å². The number of rotatable bonds is 2. The molecule has 0 amide bonds. The summed E-state index contributed by atoms with van der Waals surface area (Å²) in [6.07, 6.45) is 1.59. The summed E-state index contributed by atoms with van der Waals surface area (Å²) >= 11 is 6.25. The first-order valence-electron chi connectivity index (χ1n) is 4.90. The second-order valence-electron chi connectivity index (χ2n) is 3.72. The van der Waals surface area contributed by atoms with Crippen LogP contribution >= 0.6 is 11.6 Å². The minimum Gasteiger partial charge on any atom is -0.394 e. The molecular formula is C10H13ClN4O. The number of hydrogen-bond acceptors (Lipinski definition) is 4. The van der Waals surface area contributed by atoms with Gasteiger partial charge in [-0.05, 0) is 6.92 Å². The third kappa shape index (κ3) is 1.57. The fraction of sp³-hybridized carbons (Fsp3) is 0.400. The predicted molar refractivity (Wildman–Crippen MR) is 62.3 cm³/mol. The summed E-state index contributed by atoms with van der Waals surface area (Å²) in [5, 5.41) is 14.6. The molecule has 0 saturated heterocycles. The van der Waals surface area contributed by atoms with Crippen LogP contribution in [0.1, 0.15) is 17.3 Å². The standard InChI is InChI=1S/C10H13ClN4O/c1-5-8-9(11)6(7(12)4-16)3-13-10(8)15(2)14-5/h3,7,16H,4,12H2,1-2H3. The van der Waals surface area contributed by atoms with Crippen LogP contribution < -0.4 is 5.73 Å². The van der Waals surface area contributed by atoms with Gasteiger partial charge in [0.05, 0.1) is 28.8 Å². The number of fused-ring (bicyclic) bond motifs is 1. The van der Waals surface area contributed by atoms with Crippen LogP contribution in [0.3, 0.4) is 0 Å². The zero-order chi connectivity index (χ0) is 11.9. The Balaban J connectivity index is 2.74. The van der Waals surface area contributed by atoms with Crippen molar-refractivity contribution in [2.45, 2.75) is 13.0 Å². The van der Waals surface area contributed by atoms with Crippen molar-refractivity contribution in [2.75, 3.05) is 6.61 Å². The number of nitrogens with zero attached hydrogens (tertiary/aromatic N) is 3. The first-order chi connectivity index (χ1) is 7.56. The van der Waals surface area contributed by atoms with E-state index in [0.717, 1.165) is 16.7 Å². The van der Waals surface area contributed by atoms with Gasteiger partial charge in [0.1, 0.15) is 0 Å². The first kappa shape index (κ1) is 11.3. The van der Waals surface area contributed by atoms with Crippen LogP contribution in [0, 0.1) is 6.92 Å². The summed E-state index contributed by atoms with van der Waals surface area (Å²) in [5.74, 6) is 0. The molecular weight excluding hydrogens is 228 g/mol. The molecule has 2 aromatic heterocycles. The van der Waals surface area contributed by atoms with Crippen molar-refractivity contribution < 1.29 is 5.11 Å². The van der Waals surface area contributed by atoms with E-state index in [1.165, 1.54) is 0 Å². The number of aryl methyl sites for hydroxylation is 2. The average Bonchev–Trinajstić information content (AvgIpc) is 2.54. The van der Waals surface area contributed by atoms with Crippen LogP contribution in [-0.4, -0.2) is 26.5 Å². The molecule has 86 valence electrons. The molecule has 2 heterocycles. The highest BCUT2D eigenvalue weighted by Gasteiger charge is 2.17. The van der Waals surface area contributed by atoms with E-state index in [2.05, 4.69) is 10.1 Å². The molecule has 0 fully saturated rings. The lowest BCUT2D eigenvalue weighted by molar-refractivity contribution is 0.268. The Bertz CT molecular complexity index is 537. The molecule has 16 heavy (non-hydrogen) atoms. The maximum atomic E-state index is 9.03. The Morgan fingerprint density at radius 1 is 1.62 bits per heavy atom. The lowest BCUT2D eigenvalue weighted by atomic mass is 10.1. The summed E-state index contributed by atoms with van der Waals surface area (Å²) in [4.78, 5) is 4.26. The smallest absolute Gasteiger partial charge is 0.159 e. The van der Waals surface area contributed by atoms with Gasteiger partial charge in [-0.15, -0.1) is 0 Å². The number of aliphatic hydroxyl groups excluding tert-OH is 1. The van der Waals surface area contributed by atoms with Gasteiger partial charge >= 0.3 is 0 Å². The number of nitrogens with two attached hydrogens (primary N) is 1. The molecule has 0 aliphatic heterocycles. The Kier molecular flexibility index (Phi) is 2.84. The minimum absolute atomic E-state index is 0.160. The van der Waals surface area contributed by atoms with E-state index < -0.39 is 6.04 Å². The van der Waals surface area contributed by atoms with E-state index >= 15 is 0 Å². The molecule has 5 nitrogen and oxygen atoms in total. The highest BCUT2D eigenvalue weighted by atomic mass is 35.5. The van der Waals surface area contributed by atoms with Gasteiger partial charge in [0, 0.05) is 18.8 Å². The number of pyridine rings is 1. The van der Waals surface area contributed by atoms with Gasteiger partial charge in [0.2, 0.25) is 0 Å². The number of aliphatic hydroxyl groups is 1. The van der Waals surface area contributed by atoms with Crippen molar-refractivity contribution in [1.29, 1.82) is 0 Å². The van der Waals surface area contributed by atoms with E-state index in [1.54, 1.807) is 10.9 Å². The fourth-order valence-corrected chi connectivity index (χ4v) is 2.15. The van der Waals surface area contributed by atoms with Gasteiger partial charge in [0.15, 0.2) is 5.65 Å². The molecule has 1 unspecified atom stereocenters. The second kappa shape index (κ2) is 4.01. The summed E-state index contributed by atoms with van der Waals surface area (Å²) in [5.41, 5.74) is 7.91. The van der Waals surface area contributed by atoms with Crippen LogP contribution in [-0.2, 0) is 7.05 Å². The van der Waals surface area contributed by atoms with Crippen LogP contribution in [0.15, 0.2) is 6.20 Å². The molecule has 2 rings (SSSR count). The quantitative estimate of drug-likeness (QED) is 0.819. The Hall–Kier alpha value is -1.17. The summed E-state index contributed by atoms with van der Waals surface area (Å²) < 4.78 is 1.67. The molecule has 0 spiro atoms. The molecule has 1 atom stereocenters. The van der Waals surface area contributed by atoms with E-state index in [4.69, 9.17) is 22.4 Å². The maximum absolute atomic E-state index is 9.03. The van der Waals surface area contributed by atoms with Crippen molar-refractivity contribution >= 4 is 22.6 Å². The van der Waals surface area contributed by atoms with Gasteiger partial charge < -0.3 is 10.8 Å². The molecule has 0 radical (unpaired) electrons. The molecule has 2 aromatic rings. The first-order valence-corrected chi connectivity index (χ1v) is 5.28. The second-order valence-corrected chi connectivity index (χ2v) is 4.10. The van der Waals surface area contributed by atoms with Gasteiger partial charge in [-0.2, -0.15) is 5.10 Å². The van der Waals surface area contributed by atoms with Gasteiger partial charge in [-0.25, -0.2) is 4.98 Å². The minimum atomic E-state index is -0.510. The largest absolute Gasteiger partial charge is 0.394 e. The van der Waals surface area contributed by atoms with Crippen molar-refractivity contribution in [3.05, 3.63) is 22.5 Å². The van der Waals surface area contributed by atoms with Gasteiger partial charge in [-0.1, -0.05) is 11.6 Å². The maximum Gasteiger partial charge on any atom is 0.159 e. The topological polar surface area (TPSA) is 77.0 Å². The third-order valence-electron chi connectivity index (χ3n) is 2.59. The van der Waals surface area contributed by atoms with Crippen molar-refractivity contribution in [3.8, 4) is 0 Å². The van der Waals surface area contributed by atoms with Crippen molar-refractivity contribution in [2.24, 2.45) is 12.8 Å². The Morgan fingerprint density at radius 2 is 2.31 bits per heavy atom. The predicted octanol–water partition coefficient (Wildman–Crippen LogP) is 0.922. The van der Waals surface area contributed by atoms with Crippen LogP contribution in [0.2, 0.25) is 5.02 Å². The van der Waals surface area contributed by atoms with Gasteiger partial charge in [-0.3, -0.25) is 4.68 Å². The Morgan fingerprint density at radius 3 is 2.94 bits per heavy atom. The SMILES string of the molecule is Cc1nn(C)c2ncc(C(N)CO)c(Cl)c12. The van der Waals surface area contributed by atoms with Gasteiger partial charge in [0.25, 0.3) is 0 Å². The van der Waals surface area contributed by atoms with E-state index in [-0.39, 0.29) is 6.61 Å². The molecule has 6 heteroatoms. The highest BCUT2D eigenvalue weighted by Crippen LogP contribution is 2.30. The average molecular weight is 241 g/mol. The molecule has 0 aliphatic carbocycles. The van der Waals surface area contributed by atoms with E-state index in [0.29, 0.717) is 10.6 Å². The molecule has 0 bridgehead atoms. The third-order valence-corrected chi connectivity index (χ3v) is 2.99. The molecule has 3 N–H and O–H groups in total. The lowest BCUT2D eigenvalue weighted by Gasteiger charge is -2.10. The highest BCUT2D eigenvalue weighted by molar-refractivity contribution is 6.36. The monoisotopic (exact) mass is 240 g/mol. The van der Waals surface area contributed by atoms with Crippen LogP contribution in [0.5, 0.6) is 0 Å².